The molecule has 1 aliphatic rings. The number of imide groups is 1. The van der Waals surface area contributed by atoms with Crippen LogP contribution in [0.4, 0.5) is 10.6 Å². The van der Waals surface area contributed by atoms with Crippen LogP contribution in [0.25, 0.3) is 0 Å². The van der Waals surface area contributed by atoms with Crippen molar-refractivity contribution in [3.8, 4) is 11.5 Å². The smallest absolute Gasteiger partial charge is 0.330 e. The number of β-lactam (4-membered cyclic amide) rings is 1. The molecule has 2 heterocycles. The maximum Gasteiger partial charge on any atom is 0.330 e. The fraction of sp³-hybridized carbons (Fsp3) is 0.300. The topological polar surface area (TPSA) is 166 Å². The quantitative estimate of drug-likeness (QED) is 0.361. The number of rotatable bonds is 5. The summed E-state index contributed by atoms with van der Waals surface area (Å²) in [5.41, 5.74) is 5.01. The Morgan fingerprint density at radius 3 is 2.57 bits per heavy atom. The fourth-order valence-corrected chi connectivity index (χ4v) is 3.56. The van der Waals surface area contributed by atoms with Crippen molar-refractivity contribution in [2.24, 2.45) is 5.92 Å². The van der Waals surface area contributed by atoms with E-state index < -0.39 is 35.4 Å². The van der Waals surface area contributed by atoms with Crippen LogP contribution >= 0.6 is 0 Å². The monoisotopic (exact) mass is 414 g/mol. The predicted molar refractivity (Wildman–Crippen MR) is 105 cm³/mol. The van der Waals surface area contributed by atoms with Gasteiger partial charge in [0.2, 0.25) is 5.91 Å². The van der Waals surface area contributed by atoms with Gasteiger partial charge in [0, 0.05) is 6.20 Å². The number of carboxylic acid groups (broad SMARTS) is 1. The first-order valence-electron chi connectivity index (χ1n) is 9.16. The number of nitrogen functional groups attached to an aromatic ring is 1. The predicted octanol–water partition coefficient (Wildman–Crippen LogP) is 1.39. The highest BCUT2D eigenvalue weighted by atomic mass is 16.4. The van der Waals surface area contributed by atoms with E-state index in [1.54, 1.807) is 19.1 Å². The van der Waals surface area contributed by atoms with E-state index in [4.69, 9.17) is 5.73 Å². The Bertz CT molecular complexity index is 1030. The molecule has 1 aromatic heterocycles. The van der Waals surface area contributed by atoms with Crippen molar-refractivity contribution in [2.75, 3.05) is 5.73 Å². The Morgan fingerprint density at radius 1 is 1.27 bits per heavy atom. The van der Waals surface area contributed by atoms with Gasteiger partial charge in [-0.05, 0) is 55.7 Å². The van der Waals surface area contributed by atoms with Crippen molar-refractivity contribution in [1.29, 1.82) is 0 Å². The average molecular weight is 414 g/mol. The van der Waals surface area contributed by atoms with Crippen LogP contribution in [0.2, 0.25) is 0 Å². The molecule has 3 atom stereocenters. The molecule has 3 rings (SSSR count). The van der Waals surface area contributed by atoms with Gasteiger partial charge in [-0.1, -0.05) is 6.07 Å². The maximum absolute atomic E-state index is 12.7. The number of amides is 3. The van der Waals surface area contributed by atoms with Gasteiger partial charge in [0.05, 0.1) is 12.0 Å². The molecule has 1 saturated heterocycles. The number of hydrogen-bond acceptors (Lipinski definition) is 7. The number of hydrogen-bond donors (Lipinski definition) is 5. The molecule has 2 aromatic rings. The van der Waals surface area contributed by atoms with E-state index in [2.05, 4.69) is 10.3 Å². The Labute approximate surface area is 172 Å². The van der Waals surface area contributed by atoms with Gasteiger partial charge in [-0.15, -0.1) is 0 Å². The van der Waals surface area contributed by atoms with Gasteiger partial charge in [0.25, 0.3) is 0 Å². The molecule has 0 bridgehead atoms. The molecule has 0 saturated carbocycles. The van der Waals surface area contributed by atoms with Crippen molar-refractivity contribution in [1.82, 2.24) is 15.2 Å². The summed E-state index contributed by atoms with van der Waals surface area (Å²) in [7, 11) is 0. The van der Waals surface area contributed by atoms with Crippen LogP contribution in [-0.4, -0.2) is 48.6 Å². The SMILES string of the molecule is CC(NC(=O)N1C(=O)[C@H](Cc2ccnc(N)c2)C1(C)C(=O)O)c1ccc(O)c(O)c1. The molecule has 1 fully saturated rings. The fourth-order valence-electron chi connectivity index (χ4n) is 3.56. The number of aromatic hydroxyl groups is 2. The number of benzene rings is 1. The number of phenolic OH excluding ortho intramolecular Hbond substituents is 2. The summed E-state index contributed by atoms with van der Waals surface area (Å²) < 4.78 is 0. The highest BCUT2D eigenvalue weighted by Crippen LogP contribution is 2.41. The molecule has 0 spiro atoms. The first kappa shape index (κ1) is 20.9. The molecular formula is C20H22N4O6. The first-order chi connectivity index (χ1) is 14.1. The number of nitrogens with two attached hydrogens (primary N) is 1. The summed E-state index contributed by atoms with van der Waals surface area (Å²) >= 11 is 0. The summed E-state index contributed by atoms with van der Waals surface area (Å²) in [6, 6.07) is 5.69. The number of likely N-dealkylation sites (tertiary alicyclic amines) is 1. The van der Waals surface area contributed by atoms with Crippen molar-refractivity contribution >= 4 is 23.7 Å². The van der Waals surface area contributed by atoms with Gasteiger partial charge in [0.15, 0.2) is 17.0 Å². The lowest BCUT2D eigenvalue weighted by Crippen LogP contribution is -2.76. The minimum atomic E-state index is -1.74. The molecule has 1 aliphatic heterocycles. The third-order valence-corrected chi connectivity index (χ3v) is 5.42. The molecule has 6 N–H and O–H groups in total. The molecule has 3 amide bonds. The molecular weight excluding hydrogens is 392 g/mol. The second-order valence-electron chi connectivity index (χ2n) is 7.39. The van der Waals surface area contributed by atoms with Crippen molar-refractivity contribution in [3.63, 3.8) is 0 Å². The third kappa shape index (κ3) is 3.47. The highest BCUT2D eigenvalue weighted by molar-refractivity contribution is 6.10. The number of phenols is 2. The highest BCUT2D eigenvalue weighted by Gasteiger charge is 2.64. The zero-order valence-electron chi connectivity index (χ0n) is 16.4. The van der Waals surface area contributed by atoms with Crippen LogP contribution in [0, 0.1) is 5.92 Å². The van der Waals surface area contributed by atoms with Crippen LogP contribution in [0.5, 0.6) is 11.5 Å². The average Bonchev–Trinajstić information content (AvgIpc) is 2.68. The van der Waals surface area contributed by atoms with E-state index in [1.165, 1.54) is 31.3 Å². The summed E-state index contributed by atoms with van der Waals surface area (Å²) in [5, 5.41) is 31.4. The molecule has 0 radical (unpaired) electrons. The molecule has 10 heteroatoms. The van der Waals surface area contributed by atoms with E-state index in [0.717, 1.165) is 0 Å². The van der Waals surface area contributed by atoms with Crippen LogP contribution in [0.1, 0.15) is 31.0 Å². The van der Waals surface area contributed by atoms with Crippen LogP contribution in [0.3, 0.4) is 0 Å². The number of carbonyl (C=O) groups excluding carboxylic acids is 2. The minimum absolute atomic E-state index is 0.0967. The van der Waals surface area contributed by atoms with Crippen molar-refractivity contribution in [3.05, 3.63) is 47.7 Å². The lowest BCUT2D eigenvalue weighted by molar-refractivity contribution is -0.178. The van der Waals surface area contributed by atoms with E-state index in [9.17, 15) is 29.7 Å². The minimum Gasteiger partial charge on any atom is -0.504 e. The van der Waals surface area contributed by atoms with Gasteiger partial charge < -0.3 is 26.4 Å². The van der Waals surface area contributed by atoms with E-state index in [0.29, 0.717) is 16.0 Å². The largest absolute Gasteiger partial charge is 0.504 e. The normalized spacial score (nSPS) is 21.6. The van der Waals surface area contributed by atoms with E-state index >= 15 is 0 Å². The first-order valence-corrected chi connectivity index (χ1v) is 9.16. The number of nitrogens with zero attached hydrogens (tertiary/aromatic N) is 2. The standard InChI is InChI=1S/C20H22N4O6/c1-10(12-3-4-14(25)15(26)9-12)23-19(30)24-17(27)13(20(24,2)18(28)29)7-11-5-6-22-16(21)8-11/h3-6,8-10,13,25-26H,7H2,1-2H3,(H2,21,22)(H,23,30)(H,28,29)/t10?,13-,20?/m0/s1. The number of anilines is 1. The van der Waals surface area contributed by atoms with Gasteiger partial charge in [-0.25, -0.2) is 19.5 Å². The van der Waals surface area contributed by atoms with Crippen LogP contribution in [-0.2, 0) is 16.0 Å². The zero-order chi connectivity index (χ0) is 22.2. The Balaban J connectivity index is 1.79. The molecule has 158 valence electrons. The lowest BCUT2D eigenvalue weighted by Gasteiger charge is -2.51. The lowest BCUT2D eigenvalue weighted by atomic mass is 9.71. The van der Waals surface area contributed by atoms with Crippen molar-refractivity contribution < 1.29 is 29.7 Å². The third-order valence-electron chi connectivity index (χ3n) is 5.42. The summed E-state index contributed by atoms with van der Waals surface area (Å²) in [6.07, 6.45) is 1.56. The van der Waals surface area contributed by atoms with Crippen molar-refractivity contribution in [2.45, 2.75) is 31.8 Å². The van der Waals surface area contributed by atoms with Gasteiger partial charge in [0.1, 0.15) is 5.82 Å². The van der Waals surface area contributed by atoms with Crippen LogP contribution in [0.15, 0.2) is 36.5 Å². The number of carboxylic acids is 1. The Morgan fingerprint density at radius 2 is 1.97 bits per heavy atom. The van der Waals surface area contributed by atoms with E-state index in [1.807, 2.05) is 0 Å². The molecule has 1 aromatic carbocycles. The maximum atomic E-state index is 12.7. The Kier molecular flexibility index (Phi) is 5.26. The van der Waals surface area contributed by atoms with Gasteiger partial charge in [-0.3, -0.25) is 4.79 Å². The zero-order valence-corrected chi connectivity index (χ0v) is 16.4. The van der Waals surface area contributed by atoms with Gasteiger partial charge >= 0.3 is 12.0 Å². The number of nitrogens with one attached hydrogen (secondary N) is 1. The number of aromatic nitrogens is 1. The number of aliphatic carboxylic acids is 1. The molecule has 30 heavy (non-hydrogen) atoms. The molecule has 2 unspecified atom stereocenters. The number of carbonyl (C=O) groups is 3. The van der Waals surface area contributed by atoms with Crippen LogP contribution < -0.4 is 11.1 Å². The molecule has 0 aliphatic carbocycles. The van der Waals surface area contributed by atoms with E-state index in [-0.39, 0.29) is 23.7 Å². The molecule has 10 nitrogen and oxygen atoms in total. The summed E-state index contributed by atoms with van der Waals surface area (Å²) in [6.45, 7) is 2.92. The summed E-state index contributed by atoms with van der Waals surface area (Å²) in [4.78, 5) is 42.0. The number of urea groups is 1. The summed E-state index contributed by atoms with van der Waals surface area (Å²) in [5.74, 6) is -3.30. The second-order valence-corrected chi connectivity index (χ2v) is 7.39. The Hall–Kier alpha value is -3.82. The second kappa shape index (κ2) is 7.54. The van der Waals surface area contributed by atoms with Gasteiger partial charge in [-0.2, -0.15) is 0 Å². The number of pyridine rings is 1.